The molecule has 0 atom stereocenters. The van der Waals surface area contributed by atoms with Crippen LogP contribution in [0, 0.1) is 0 Å². The standard InChI is InChI=1S/C4H10O.C2H7N/c1-2-3-4-5;1-2-3/h5H,2-4H2,1H3;2-3H2,1H3. The predicted octanol–water partition coefficient (Wildman–Crippen LogP) is 0.744. The zero-order valence-electron chi connectivity index (χ0n) is 5.85. The summed E-state index contributed by atoms with van der Waals surface area (Å²) in [6.45, 7) is 5.05. The average molecular weight is 119 g/mol. The summed E-state index contributed by atoms with van der Waals surface area (Å²) in [6.07, 6.45) is 2.04. The Labute approximate surface area is 51.7 Å². The fourth-order valence-corrected chi connectivity index (χ4v) is 0.158. The maximum Gasteiger partial charge on any atom is 0.0430 e. The van der Waals surface area contributed by atoms with E-state index in [0.29, 0.717) is 6.61 Å². The highest BCUT2D eigenvalue weighted by atomic mass is 16.2. The highest BCUT2D eigenvalue weighted by Crippen LogP contribution is 1.78. The molecule has 0 aromatic heterocycles. The van der Waals surface area contributed by atoms with Crippen molar-refractivity contribution >= 4 is 0 Å². The first-order valence-corrected chi connectivity index (χ1v) is 3.14. The molecule has 0 unspecified atom stereocenters. The molecule has 0 radical (unpaired) electrons. The molecule has 0 aromatic rings. The molecule has 3 N–H and O–H groups in total. The Balaban J connectivity index is 0. The van der Waals surface area contributed by atoms with E-state index in [2.05, 4.69) is 6.92 Å². The van der Waals surface area contributed by atoms with Crippen molar-refractivity contribution in [1.82, 2.24) is 0 Å². The Hall–Kier alpha value is -0.0800. The number of rotatable bonds is 2. The van der Waals surface area contributed by atoms with Crippen LogP contribution in [0.2, 0.25) is 0 Å². The lowest BCUT2D eigenvalue weighted by molar-refractivity contribution is 0.287. The Morgan fingerprint density at radius 3 is 1.75 bits per heavy atom. The van der Waals surface area contributed by atoms with E-state index >= 15 is 0 Å². The van der Waals surface area contributed by atoms with E-state index in [1.165, 1.54) is 0 Å². The van der Waals surface area contributed by atoms with Crippen molar-refractivity contribution in [1.29, 1.82) is 0 Å². The van der Waals surface area contributed by atoms with E-state index < -0.39 is 0 Å². The fraction of sp³-hybridized carbons (Fsp3) is 1.00. The van der Waals surface area contributed by atoms with Crippen LogP contribution < -0.4 is 5.73 Å². The van der Waals surface area contributed by atoms with Gasteiger partial charge < -0.3 is 10.8 Å². The van der Waals surface area contributed by atoms with E-state index in [1.807, 2.05) is 6.92 Å². The summed E-state index contributed by atoms with van der Waals surface area (Å²) in [7, 11) is 0. The van der Waals surface area contributed by atoms with Crippen molar-refractivity contribution in [2.24, 2.45) is 5.73 Å². The number of hydrogen-bond donors (Lipinski definition) is 2. The van der Waals surface area contributed by atoms with Gasteiger partial charge in [0.1, 0.15) is 0 Å². The minimum absolute atomic E-state index is 0.344. The van der Waals surface area contributed by atoms with E-state index in [9.17, 15) is 0 Å². The summed E-state index contributed by atoms with van der Waals surface area (Å²) in [5, 5.41) is 8.07. The van der Waals surface area contributed by atoms with Gasteiger partial charge in [-0.05, 0) is 13.0 Å². The summed E-state index contributed by atoms with van der Waals surface area (Å²) in [6, 6.07) is 0. The lowest BCUT2D eigenvalue weighted by Gasteiger charge is -1.79. The molecule has 2 heteroatoms. The van der Waals surface area contributed by atoms with Gasteiger partial charge in [0.15, 0.2) is 0 Å². The lowest BCUT2D eigenvalue weighted by atomic mass is 10.4. The summed E-state index contributed by atoms with van der Waals surface area (Å²) >= 11 is 0. The van der Waals surface area contributed by atoms with Gasteiger partial charge in [-0.25, -0.2) is 0 Å². The molecule has 0 aliphatic carbocycles. The third-order valence-corrected chi connectivity index (χ3v) is 0.512. The van der Waals surface area contributed by atoms with Crippen LogP contribution in [-0.2, 0) is 0 Å². The van der Waals surface area contributed by atoms with Gasteiger partial charge in [-0.3, -0.25) is 0 Å². The second-order valence-electron chi connectivity index (χ2n) is 1.49. The molecule has 2 nitrogen and oxygen atoms in total. The van der Waals surface area contributed by atoms with Crippen LogP contribution in [0.4, 0.5) is 0 Å². The van der Waals surface area contributed by atoms with E-state index in [4.69, 9.17) is 10.8 Å². The van der Waals surface area contributed by atoms with Crippen molar-refractivity contribution in [2.45, 2.75) is 26.7 Å². The van der Waals surface area contributed by atoms with Gasteiger partial charge in [0.2, 0.25) is 0 Å². The molecule has 0 aliphatic rings. The highest BCUT2D eigenvalue weighted by molar-refractivity contribution is 4.23. The smallest absolute Gasteiger partial charge is 0.0430 e. The normalized spacial score (nSPS) is 7.50. The molecular formula is C6H17NO. The van der Waals surface area contributed by atoms with Gasteiger partial charge in [-0.2, -0.15) is 0 Å². The van der Waals surface area contributed by atoms with Gasteiger partial charge in [0, 0.05) is 6.61 Å². The first-order chi connectivity index (χ1) is 3.83. The second kappa shape index (κ2) is 15.8. The monoisotopic (exact) mass is 119 g/mol. The van der Waals surface area contributed by atoms with Gasteiger partial charge in [-0.1, -0.05) is 20.3 Å². The predicted molar refractivity (Wildman–Crippen MR) is 36.7 cm³/mol. The quantitative estimate of drug-likeness (QED) is 0.563. The van der Waals surface area contributed by atoms with E-state index in [1.54, 1.807) is 0 Å². The Morgan fingerprint density at radius 2 is 1.75 bits per heavy atom. The number of hydrogen-bond acceptors (Lipinski definition) is 2. The van der Waals surface area contributed by atoms with Gasteiger partial charge in [-0.15, -0.1) is 0 Å². The molecule has 0 rings (SSSR count). The van der Waals surface area contributed by atoms with Crippen LogP contribution in [-0.4, -0.2) is 18.3 Å². The molecule has 0 aromatic carbocycles. The second-order valence-corrected chi connectivity index (χ2v) is 1.49. The summed E-state index contributed by atoms with van der Waals surface area (Å²) in [4.78, 5) is 0. The Kier molecular flexibility index (Phi) is 21.3. The number of aliphatic hydroxyl groups excluding tert-OH is 1. The van der Waals surface area contributed by atoms with Crippen LogP contribution >= 0.6 is 0 Å². The van der Waals surface area contributed by atoms with Crippen molar-refractivity contribution in [3.63, 3.8) is 0 Å². The topological polar surface area (TPSA) is 46.2 Å². The number of aliphatic hydroxyl groups is 1. The average Bonchev–Trinajstić information content (AvgIpc) is 1.71. The first-order valence-electron chi connectivity index (χ1n) is 3.14. The molecule has 0 saturated heterocycles. The molecule has 52 valence electrons. The van der Waals surface area contributed by atoms with Crippen molar-refractivity contribution in [2.75, 3.05) is 13.2 Å². The van der Waals surface area contributed by atoms with Crippen molar-refractivity contribution in [3.8, 4) is 0 Å². The highest BCUT2D eigenvalue weighted by Gasteiger charge is 1.69. The SMILES string of the molecule is CCCCO.CCN. The molecule has 0 aliphatic heterocycles. The zero-order valence-corrected chi connectivity index (χ0v) is 5.85. The lowest BCUT2D eigenvalue weighted by Crippen LogP contribution is -1.87. The summed E-state index contributed by atoms with van der Waals surface area (Å²) in [5.41, 5.74) is 4.85. The summed E-state index contributed by atoms with van der Waals surface area (Å²) in [5.74, 6) is 0. The van der Waals surface area contributed by atoms with Crippen LogP contribution in [0.15, 0.2) is 0 Å². The molecule has 0 amide bonds. The minimum Gasteiger partial charge on any atom is -0.396 e. The van der Waals surface area contributed by atoms with Gasteiger partial charge in [0.05, 0.1) is 0 Å². The maximum atomic E-state index is 8.07. The molecule has 8 heavy (non-hydrogen) atoms. The molecule has 0 fully saturated rings. The number of unbranched alkanes of at least 4 members (excludes halogenated alkanes) is 1. The third-order valence-electron chi connectivity index (χ3n) is 0.512. The van der Waals surface area contributed by atoms with Gasteiger partial charge in [0.25, 0.3) is 0 Å². The Morgan fingerprint density at radius 1 is 1.38 bits per heavy atom. The zero-order chi connectivity index (χ0) is 6.83. The maximum absolute atomic E-state index is 8.07. The molecule has 0 heterocycles. The fourth-order valence-electron chi connectivity index (χ4n) is 0.158. The first kappa shape index (κ1) is 10.8. The van der Waals surface area contributed by atoms with Crippen LogP contribution in [0.25, 0.3) is 0 Å². The minimum atomic E-state index is 0.344. The number of nitrogens with two attached hydrogens (primary N) is 1. The van der Waals surface area contributed by atoms with E-state index in [0.717, 1.165) is 19.4 Å². The van der Waals surface area contributed by atoms with Crippen molar-refractivity contribution < 1.29 is 5.11 Å². The van der Waals surface area contributed by atoms with Crippen molar-refractivity contribution in [3.05, 3.63) is 0 Å². The van der Waals surface area contributed by atoms with Crippen LogP contribution in [0.1, 0.15) is 26.7 Å². The molecular weight excluding hydrogens is 102 g/mol. The summed E-state index contributed by atoms with van der Waals surface area (Å²) < 4.78 is 0. The van der Waals surface area contributed by atoms with Crippen LogP contribution in [0.5, 0.6) is 0 Å². The molecule has 0 spiro atoms. The van der Waals surface area contributed by atoms with E-state index in [-0.39, 0.29) is 0 Å². The largest absolute Gasteiger partial charge is 0.396 e. The van der Waals surface area contributed by atoms with Crippen LogP contribution in [0.3, 0.4) is 0 Å². The Bertz CT molecular complexity index is 22.5. The molecule has 0 saturated carbocycles. The molecule has 0 bridgehead atoms. The van der Waals surface area contributed by atoms with Gasteiger partial charge >= 0.3 is 0 Å². The third kappa shape index (κ3) is 38.9.